The Morgan fingerprint density at radius 1 is 1.14 bits per heavy atom. The summed E-state index contributed by atoms with van der Waals surface area (Å²) in [6.07, 6.45) is 3.22. The van der Waals surface area contributed by atoms with Gasteiger partial charge >= 0.3 is 0 Å². The van der Waals surface area contributed by atoms with E-state index in [2.05, 4.69) is 4.98 Å². The van der Waals surface area contributed by atoms with Crippen LogP contribution in [0.1, 0.15) is 34.8 Å². The molecule has 0 radical (unpaired) electrons. The zero-order chi connectivity index (χ0) is 20.4. The predicted molar refractivity (Wildman–Crippen MR) is 108 cm³/mol. The third-order valence-electron chi connectivity index (χ3n) is 5.25. The average molecular weight is 392 g/mol. The first-order chi connectivity index (χ1) is 14.0. The molecular weight excluding hydrogens is 371 g/mol. The maximum absolute atomic E-state index is 14.3. The number of aromatic amines is 1. The van der Waals surface area contributed by atoms with Gasteiger partial charge < -0.3 is 14.6 Å². The molecule has 1 fully saturated rings. The standard InChI is InChI=1S/C23H21FN2O3/c1-29-20-5-2-4-16(13-20)21-6-3-9-26(21)23(28)18-10-17(11-19(24)12-18)15-7-8-25-22(27)14-15/h2,4-5,7-8,10-14,21H,3,6,9H2,1H3,(H,25,27). The van der Waals surface area contributed by atoms with Crippen LogP contribution in [0.15, 0.2) is 65.6 Å². The second kappa shape index (κ2) is 7.91. The molecule has 1 amide bonds. The molecule has 6 heteroatoms. The van der Waals surface area contributed by atoms with Gasteiger partial charge in [-0.1, -0.05) is 12.1 Å². The van der Waals surface area contributed by atoms with E-state index >= 15 is 0 Å². The molecular formula is C23H21FN2O3. The van der Waals surface area contributed by atoms with Crippen LogP contribution in [-0.2, 0) is 0 Å². The van der Waals surface area contributed by atoms with E-state index in [1.165, 1.54) is 24.4 Å². The molecule has 0 spiro atoms. The van der Waals surface area contributed by atoms with Crippen molar-refractivity contribution in [3.8, 4) is 16.9 Å². The van der Waals surface area contributed by atoms with Crippen molar-refractivity contribution in [3.63, 3.8) is 0 Å². The number of nitrogens with zero attached hydrogens (tertiary/aromatic N) is 1. The van der Waals surface area contributed by atoms with Crippen molar-refractivity contribution in [1.29, 1.82) is 0 Å². The van der Waals surface area contributed by atoms with Gasteiger partial charge in [0.2, 0.25) is 5.56 Å². The van der Waals surface area contributed by atoms with E-state index in [-0.39, 0.29) is 23.1 Å². The molecule has 2 heterocycles. The number of methoxy groups -OCH3 is 1. The fraction of sp³-hybridized carbons (Fsp3) is 0.217. The Labute approximate surface area is 167 Å². The lowest BCUT2D eigenvalue weighted by atomic mass is 10.0. The molecule has 0 bridgehead atoms. The average Bonchev–Trinajstić information content (AvgIpc) is 3.22. The molecule has 0 aliphatic carbocycles. The van der Waals surface area contributed by atoms with Gasteiger partial charge in [0, 0.05) is 24.4 Å². The highest BCUT2D eigenvalue weighted by molar-refractivity contribution is 5.96. The van der Waals surface area contributed by atoms with Gasteiger partial charge in [-0.05, 0) is 65.9 Å². The van der Waals surface area contributed by atoms with Crippen LogP contribution in [0, 0.1) is 5.82 Å². The smallest absolute Gasteiger partial charge is 0.254 e. The van der Waals surface area contributed by atoms with Gasteiger partial charge in [0.15, 0.2) is 0 Å². The summed E-state index contributed by atoms with van der Waals surface area (Å²) in [6, 6.07) is 14.9. The highest BCUT2D eigenvalue weighted by Gasteiger charge is 2.31. The number of nitrogens with one attached hydrogen (secondary N) is 1. The van der Waals surface area contributed by atoms with E-state index in [0.717, 1.165) is 24.2 Å². The van der Waals surface area contributed by atoms with Gasteiger partial charge in [-0.15, -0.1) is 0 Å². The summed E-state index contributed by atoms with van der Waals surface area (Å²) < 4.78 is 19.6. The Balaban J connectivity index is 1.67. The number of pyridine rings is 1. The number of hydrogen-bond donors (Lipinski definition) is 1. The molecule has 1 N–H and O–H groups in total. The van der Waals surface area contributed by atoms with Crippen molar-refractivity contribution in [3.05, 3.63) is 88.1 Å². The lowest BCUT2D eigenvalue weighted by molar-refractivity contribution is 0.0735. The number of halogens is 1. The van der Waals surface area contributed by atoms with Crippen molar-refractivity contribution >= 4 is 5.91 Å². The van der Waals surface area contributed by atoms with E-state index in [1.54, 1.807) is 24.1 Å². The van der Waals surface area contributed by atoms with E-state index < -0.39 is 5.82 Å². The third kappa shape index (κ3) is 3.92. The summed E-state index contributed by atoms with van der Waals surface area (Å²) in [5.41, 5.74) is 2.05. The highest BCUT2D eigenvalue weighted by atomic mass is 19.1. The second-order valence-corrected chi connectivity index (χ2v) is 7.10. The minimum Gasteiger partial charge on any atom is -0.497 e. The molecule has 1 aliphatic rings. The number of amides is 1. The van der Waals surface area contributed by atoms with E-state index in [0.29, 0.717) is 17.7 Å². The van der Waals surface area contributed by atoms with Gasteiger partial charge in [0.1, 0.15) is 11.6 Å². The summed E-state index contributed by atoms with van der Waals surface area (Å²) in [4.78, 5) is 29.2. The molecule has 1 saturated heterocycles. The molecule has 4 rings (SSSR count). The summed E-state index contributed by atoms with van der Waals surface area (Å²) in [6.45, 7) is 0.609. The van der Waals surface area contributed by atoms with Crippen LogP contribution in [0.3, 0.4) is 0 Å². The predicted octanol–water partition coefficient (Wildman–Crippen LogP) is 4.17. The zero-order valence-corrected chi connectivity index (χ0v) is 16.0. The van der Waals surface area contributed by atoms with Crippen LogP contribution in [-0.4, -0.2) is 29.4 Å². The molecule has 148 valence electrons. The molecule has 5 nitrogen and oxygen atoms in total. The molecule has 1 aliphatic heterocycles. The topological polar surface area (TPSA) is 62.4 Å². The molecule has 1 atom stereocenters. The van der Waals surface area contributed by atoms with Crippen LogP contribution >= 0.6 is 0 Å². The number of ether oxygens (including phenoxy) is 1. The Hall–Kier alpha value is -3.41. The lowest BCUT2D eigenvalue weighted by Crippen LogP contribution is -2.30. The van der Waals surface area contributed by atoms with Crippen molar-refractivity contribution in [2.75, 3.05) is 13.7 Å². The number of carbonyl (C=O) groups excluding carboxylic acids is 1. The van der Waals surface area contributed by atoms with Crippen LogP contribution in [0.25, 0.3) is 11.1 Å². The minimum absolute atomic E-state index is 0.0797. The number of likely N-dealkylation sites (tertiary alicyclic amines) is 1. The normalized spacial score (nSPS) is 16.1. The van der Waals surface area contributed by atoms with Crippen molar-refractivity contribution in [2.45, 2.75) is 18.9 Å². The number of hydrogen-bond acceptors (Lipinski definition) is 3. The van der Waals surface area contributed by atoms with Gasteiger partial charge in [0.05, 0.1) is 13.2 Å². The Morgan fingerprint density at radius 3 is 2.79 bits per heavy atom. The lowest BCUT2D eigenvalue weighted by Gasteiger charge is -2.25. The summed E-state index contributed by atoms with van der Waals surface area (Å²) >= 11 is 0. The monoisotopic (exact) mass is 392 g/mol. The van der Waals surface area contributed by atoms with Crippen molar-refractivity contribution < 1.29 is 13.9 Å². The van der Waals surface area contributed by atoms with Crippen LogP contribution < -0.4 is 10.3 Å². The fourth-order valence-corrected chi connectivity index (χ4v) is 3.87. The molecule has 2 aromatic carbocycles. The zero-order valence-electron chi connectivity index (χ0n) is 16.0. The highest BCUT2D eigenvalue weighted by Crippen LogP contribution is 2.35. The molecule has 1 unspecified atom stereocenters. The van der Waals surface area contributed by atoms with Crippen LogP contribution in [0.2, 0.25) is 0 Å². The van der Waals surface area contributed by atoms with Crippen molar-refractivity contribution in [1.82, 2.24) is 9.88 Å². The molecule has 29 heavy (non-hydrogen) atoms. The largest absolute Gasteiger partial charge is 0.497 e. The Bertz CT molecular complexity index is 1110. The molecule has 3 aromatic rings. The maximum Gasteiger partial charge on any atom is 0.254 e. The third-order valence-corrected chi connectivity index (χ3v) is 5.25. The SMILES string of the molecule is COc1cccc(C2CCCN2C(=O)c2cc(F)cc(-c3cc[nH]c(=O)c3)c2)c1. The van der Waals surface area contributed by atoms with E-state index in [9.17, 15) is 14.0 Å². The molecule has 0 saturated carbocycles. The number of aromatic nitrogens is 1. The summed E-state index contributed by atoms with van der Waals surface area (Å²) in [7, 11) is 1.61. The van der Waals surface area contributed by atoms with Gasteiger partial charge in [0.25, 0.3) is 5.91 Å². The van der Waals surface area contributed by atoms with E-state index in [1.807, 2.05) is 24.3 Å². The number of rotatable bonds is 4. The van der Waals surface area contributed by atoms with Crippen LogP contribution in [0.4, 0.5) is 4.39 Å². The van der Waals surface area contributed by atoms with Crippen molar-refractivity contribution in [2.24, 2.45) is 0 Å². The second-order valence-electron chi connectivity index (χ2n) is 7.10. The minimum atomic E-state index is -0.511. The first-order valence-corrected chi connectivity index (χ1v) is 9.50. The fourth-order valence-electron chi connectivity index (χ4n) is 3.87. The molecule has 1 aromatic heterocycles. The Kier molecular flexibility index (Phi) is 5.16. The van der Waals surface area contributed by atoms with E-state index in [4.69, 9.17) is 4.74 Å². The number of H-pyrrole nitrogens is 1. The number of carbonyl (C=O) groups is 1. The maximum atomic E-state index is 14.3. The Morgan fingerprint density at radius 2 is 2.00 bits per heavy atom. The summed E-state index contributed by atoms with van der Waals surface area (Å²) in [5, 5.41) is 0. The van der Waals surface area contributed by atoms with Gasteiger partial charge in [-0.25, -0.2) is 4.39 Å². The number of benzene rings is 2. The van der Waals surface area contributed by atoms with Gasteiger partial charge in [-0.3, -0.25) is 9.59 Å². The van der Waals surface area contributed by atoms with Crippen LogP contribution in [0.5, 0.6) is 5.75 Å². The summed E-state index contributed by atoms with van der Waals surface area (Å²) in [5.74, 6) is 0.00769. The van der Waals surface area contributed by atoms with Gasteiger partial charge in [-0.2, -0.15) is 0 Å². The first kappa shape index (κ1) is 18.9. The quantitative estimate of drug-likeness (QED) is 0.725. The first-order valence-electron chi connectivity index (χ1n) is 9.50.